The number of nitrogens with one attached hydrogen (secondary N) is 1. The molecular weight excluding hydrogens is 326 g/mol. The first kappa shape index (κ1) is 17.0. The molecule has 0 aliphatic carbocycles. The lowest BCUT2D eigenvalue weighted by atomic mass is 10.1. The van der Waals surface area contributed by atoms with Crippen LogP contribution in [0.1, 0.15) is 12.5 Å². The summed E-state index contributed by atoms with van der Waals surface area (Å²) < 4.78 is 27.0. The van der Waals surface area contributed by atoms with Gasteiger partial charge in [0.1, 0.15) is 0 Å². The molecule has 0 amide bonds. The lowest BCUT2D eigenvalue weighted by Gasteiger charge is -2.14. The van der Waals surface area contributed by atoms with Gasteiger partial charge in [0.15, 0.2) is 0 Å². The molecule has 0 atom stereocenters. The van der Waals surface area contributed by atoms with Crippen molar-refractivity contribution in [1.82, 2.24) is 20.2 Å². The van der Waals surface area contributed by atoms with E-state index in [1.54, 1.807) is 12.1 Å². The summed E-state index contributed by atoms with van der Waals surface area (Å²) in [6.45, 7) is 1.75. The van der Waals surface area contributed by atoms with Crippen molar-refractivity contribution >= 4 is 11.4 Å². The van der Waals surface area contributed by atoms with Gasteiger partial charge in [-0.15, -0.1) is 10.2 Å². The number of nitrogens with zero attached hydrogens (tertiary/aromatic N) is 4. The summed E-state index contributed by atoms with van der Waals surface area (Å²) in [5.41, 5.74) is 7.41. The second-order valence-electron chi connectivity index (χ2n) is 5.64. The van der Waals surface area contributed by atoms with Crippen LogP contribution in [0, 0.1) is 0 Å². The van der Waals surface area contributed by atoms with E-state index in [1.165, 1.54) is 16.9 Å². The van der Waals surface area contributed by atoms with Crippen LogP contribution < -0.4 is 11.1 Å². The van der Waals surface area contributed by atoms with Gasteiger partial charge < -0.3 is 11.1 Å². The van der Waals surface area contributed by atoms with E-state index < -0.39 is 5.92 Å². The van der Waals surface area contributed by atoms with Crippen LogP contribution in [0.15, 0.2) is 48.5 Å². The fourth-order valence-corrected chi connectivity index (χ4v) is 2.37. The minimum absolute atomic E-state index is 0.0537. The van der Waals surface area contributed by atoms with Crippen LogP contribution in [0.3, 0.4) is 0 Å². The highest BCUT2D eigenvalue weighted by Crippen LogP contribution is 2.31. The molecule has 6 nitrogen and oxygen atoms in total. The average molecular weight is 344 g/mol. The van der Waals surface area contributed by atoms with E-state index in [2.05, 4.69) is 20.7 Å². The molecule has 0 aliphatic rings. The van der Waals surface area contributed by atoms with Gasteiger partial charge in [-0.2, -0.15) is 4.80 Å². The Labute approximate surface area is 143 Å². The molecule has 3 rings (SSSR count). The Morgan fingerprint density at radius 2 is 1.96 bits per heavy atom. The maximum Gasteiger partial charge on any atom is 0.270 e. The van der Waals surface area contributed by atoms with Crippen molar-refractivity contribution < 1.29 is 8.78 Å². The molecule has 0 fully saturated rings. The Bertz CT molecular complexity index is 856. The normalized spacial score (nSPS) is 11.5. The molecule has 25 heavy (non-hydrogen) atoms. The van der Waals surface area contributed by atoms with E-state index in [1.807, 2.05) is 24.3 Å². The molecule has 3 aromatic rings. The monoisotopic (exact) mass is 344 g/mol. The molecule has 8 heteroatoms. The predicted molar refractivity (Wildman–Crippen MR) is 91.6 cm³/mol. The van der Waals surface area contributed by atoms with Crippen LogP contribution in [-0.4, -0.2) is 26.8 Å². The summed E-state index contributed by atoms with van der Waals surface area (Å²) in [7, 11) is 0. The number of benzene rings is 2. The van der Waals surface area contributed by atoms with Gasteiger partial charge in [0.2, 0.25) is 5.82 Å². The maximum absolute atomic E-state index is 13.5. The highest BCUT2D eigenvalue weighted by atomic mass is 19.3. The number of halogens is 2. The number of rotatable bonds is 6. The third-order valence-electron chi connectivity index (χ3n) is 3.60. The molecule has 0 bridgehead atoms. The number of alkyl halides is 2. The second kappa shape index (κ2) is 6.94. The summed E-state index contributed by atoms with van der Waals surface area (Å²) in [5, 5.41) is 15.4. The topological polar surface area (TPSA) is 81.7 Å². The summed E-state index contributed by atoms with van der Waals surface area (Å²) in [6.07, 6.45) is 0. The molecule has 0 unspecified atom stereocenters. The van der Waals surface area contributed by atoms with Crippen LogP contribution in [0.25, 0.3) is 11.4 Å². The number of nitrogens with two attached hydrogens (primary N) is 1. The van der Waals surface area contributed by atoms with Crippen molar-refractivity contribution in [2.45, 2.75) is 19.4 Å². The molecular formula is C17H18F2N6. The zero-order chi connectivity index (χ0) is 17.9. The van der Waals surface area contributed by atoms with Crippen LogP contribution in [0.4, 0.5) is 20.2 Å². The maximum atomic E-state index is 13.5. The standard InChI is InChI=1S/C17H18F2N6/c1-17(18,19)12-5-4-6-13(11-12)21-15-8-3-2-7-14(15)16-22-24-25(23-16)10-9-20/h2-8,11,21H,9-10,20H2,1H3. The molecule has 0 saturated heterocycles. The minimum atomic E-state index is -2.90. The molecule has 0 aliphatic heterocycles. The zero-order valence-corrected chi connectivity index (χ0v) is 13.7. The van der Waals surface area contributed by atoms with Gasteiger partial charge in [0.25, 0.3) is 5.92 Å². The Kier molecular flexibility index (Phi) is 4.71. The van der Waals surface area contributed by atoms with Crippen molar-refractivity contribution in [1.29, 1.82) is 0 Å². The molecule has 0 saturated carbocycles. The third kappa shape index (κ3) is 3.97. The fraction of sp³-hybridized carbons (Fsp3) is 0.235. The van der Waals surface area contributed by atoms with Gasteiger partial charge in [-0.1, -0.05) is 24.3 Å². The number of para-hydroxylation sites is 1. The quantitative estimate of drug-likeness (QED) is 0.718. The first-order valence-corrected chi connectivity index (χ1v) is 7.80. The SMILES string of the molecule is CC(F)(F)c1cccc(Nc2ccccc2-c2nnn(CCN)n2)c1. The van der Waals surface area contributed by atoms with Gasteiger partial charge >= 0.3 is 0 Å². The molecule has 0 spiro atoms. The van der Waals surface area contributed by atoms with E-state index in [0.29, 0.717) is 30.3 Å². The molecule has 1 heterocycles. The largest absolute Gasteiger partial charge is 0.355 e. The van der Waals surface area contributed by atoms with Crippen LogP contribution in [-0.2, 0) is 12.5 Å². The smallest absolute Gasteiger partial charge is 0.270 e. The Morgan fingerprint density at radius 3 is 2.72 bits per heavy atom. The molecule has 0 radical (unpaired) electrons. The lowest BCUT2D eigenvalue weighted by molar-refractivity contribution is 0.0175. The number of aromatic nitrogens is 4. The first-order valence-electron chi connectivity index (χ1n) is 7.80. The van der Waals surface area contributed by atoms with Crippen LogP contribution >= 0.6 is 0 Å². The Balaban J connectivity index is 1.91. The highest BCUT2D eigenvalue weighted by molar-refractivity contribution is 5.77. The first-order chi connectivity index (χ1) is 12.0. The number of hydrogen-bond donors (Lipinski definition) is 2. The van der Waals surface area contributed by atoms with Crippen LogP contribution in [0.5, 0.6) is 0 Å². The summed E-state index contributed by atoms with van der Waals surface area (Å²) >= 11 is 0. The van der Waals surface area contributed by atoms with Crippen molar-refractivity contribution in [3.05, 3.63) is 54.1 Å². The van der Waals surface area contributed by atoms with E-state index in [4.69, 9.17) is 5.73 Å². The summed E-state index contributed by atoms with van der Waals surface area (Å²) in [6, 6.07) is 13.5. The third-order valence-corrected chi connectivity index (χ3v) is 3.60. The fourth-order valence-electron chi connectivity index (χ4n) is 2.37. The van der Waals surface area contributed by atoms with E-state index in [-0.39, 0.29) is 5.56 Å². The van der Waals surface area contributed by atoms with Gasteiger partial charge in [-0.25, -0.2) is 8.78 Å². The van der Waals surface area contributed by atoms with Crippen molar-refractivity contribution in [2.75, 3.05) is 11.9 Å². The number of hydrogen-bond acceptors (Lipinski definition) is 5. The Morgan fingerprint density at radius 1 is 1.16 bits per heavy atom. The van der Waals surface area contributed by atoms with E-state index >= 15 is 0 Å². The average Bonchev–Trinajstić information content (AvgIpc) is 3.04. The van der Waals surface area contributed by atoms with Crippen LogP contribution in [0.2, 0.25) is 0 Å². The summed E-state index contributed by atoms with van der Waals surface area (Å²) in [4.78, 5) is 1.42. The number of tetrazole rings is 1. The van der Waals surface area contributed by atoms with Crippen molar-refractivity contribution in [3.8, 4) is 11.4 Å². The zero-order valence-electron chi connectivity index (χ0n) is 13.7. The van der Waals surface area contributed by atoms with E-state index in [0.717, 1.165) is 12.5 Å². The molecule has 1 aromatic heterocycles. The second-order valence-corrected chi connectivity index (χ2v) is 5.64. The molecule has 3 N–H and O–H groups in total. The van der Waals surface area contributed by atoms with Crippen molar-refractivity contribution in [3.63, 3.8) is 0 Å². The van der Waals surface area contributed by atoms with Gasteiger partial charge in [-0.05, 0) is 29.5 Å². The number of anilines is 2. The highest BCUT2D eigenvalue weighted by Gasteiger charge is 2.24. The van der Waals surface area contributed by atoms with Gasteiger partial charge in [0, 0.05) is 36.0 Å². The molecule has 2 aromatic carbocycles. The Hall–Kier alpha value is -2.87. The van der Waals surface area contributed by atoms with E-state index in [9.17, 15) is 8.78 Å². The minimum Gasteiger partial charge on any atom is -0.355 e. The van der Waals surface area contributed by atoms with Gasteiger partial charge in [0.05, 0.1) is 6.54 Å². The van der Waals surface area contributed by atoms with Crippen molar-refractivity contribution in [2.24, 2.45) is 5.73 Å². The molecule has 130 valence electrons. The van der Waals surface area contributed by atoms with Gasteiger partial charge in [-0.3, -0.25) is 0 Å². The summed E-state index contributed by atoms with van der Waals surface area (Å²) in [5.74, 6) is -2.46. The predicted octanol–water partition coefficient (Wildman–Crippen LogP) is 3.15. The lowest BCUT2D eigenvalue weighted by Crippen LogP contribution is -2.12.